The van der Waals surface area contributed by atoms with E-state index in [1.165, 1.54) is 24.3 Å². The Labute approximate surface area is 138 Å². The number of hydrogen-bond donors (Lipinski definition) is 2. The first-order valence-corrected chi connectivity index (χ1v) is 10.1. The van der Waals surface area contributed by atoms with E-state index in [2.05, 4.69) is 4.49 Å². The number of benzene rings is 1. The number of nitrogen functional groups attached to an aromatic ring is 1. The average molecular weight is 364 g/mol. The zero-order valence-electron chi connectivity index (χ0n) is 14.3. The molecular weight excluding hydrogens is 339 g/mol. The molecule has 1 rings (SSSR count). The van der Waals surface area contributed by atoms with Crippen LogP contribution in [0, 0.1) is 0 Å². The van der Waals surface area contributed by atoms with Crippen molar-refractivity contribution in [3.05, 3.63) is 24.3 Å². The molecule has 0 unspecified atom stereocenters. The first-order chi connectivity index (χ1) is 10.1. The van der Waals surface area contributed by atoms with Crippen LogP contribution in [0.4, 0.5) is 5.69 Å². The zero-order chi connectivity index (χ0) is 18.1. The smallest absolute Gasteiger partial charge is 0.399 e. The second-order valence-electron chi connectivity index (χ2n) is 7.07. The number of sulfonamides is 1. The summed E-state index contributed by atoms with van der Waals surface area (Å²) in [5.41, 5.74) is 4.22. The van der Waals surface area contributed by atoms with Crippen molar-refractivity contribution in [2.45, 2.75) is 57.6 Å². The minimum Gasteiger partial charge on any atom is -0.399 e. The van der Waals surface area contributed by atoms with Crippen LogP contribution < -0.4 is 10.2 Å². The van der Waals surface area contributed by atoms with E-state index in [-0.39, 0.29) is 4.90 Å². The van der Waals surface area contributed by atoms with Gasteiger partial charge >= 0.3 is 7.75 Å². The van der Waals surface area contributed by atoms with Gasteiger partial charge in [-0.1, -0.05) is 0 Å². The SMILES string of the molecule is CC(C)(C)OP(=O)(NS(=O)(=O)c1ccc(N)cc1)OC(C)(C)C. The summed E-state index contributed by atoms with van der Waals surface area (Å²) >= 11 is 0. The van der Waals surface area contributed by atoms with Gasteiger partial charge in [0.2, 0.25) is 10.0 Å². The van der Waals surface area contributed by atoms with Gasteiger partial charge in [-0.15, -0.1) is 4.49 Å². The molecule has 0 bridgehead atoms. The third kappa shape index (κ3) is 7.01. The topological polar surface area (TPSA) is 108 Å². The van der Waals surface area contributed by atoms with E-state index in [1.807, 2.05) is 0 Å². The van der Waals surface area contributed by atoms with E-state index in [1.54, 1.807) is 41.5 Å². The van der Waals surface area contributed by atoms with Crippen molar-refractivity contribution >= 4 is 23.5 Å². The Bertz CT molecular complexity index is 667. The Morgan fingerprint density at radius 1 is 0.957 bits per heavy atom. The molecule has 23 heavy (non-hydrogen) atoms. The van der Waals surface area contributed by atoms with Crippen molar-refractivity contribution in [2.75, 3.05) is 5.73 Å². The van der Waals surface area contributed by atoms with Crippen LogP contribution in [0.1, 0.15) is 41.5 Å². The largest absolute Gasteiger partial charge is 0.420 e. The van der Waals surface area contributed by atoms with Crippen LogP contribution in [0.25, 0.3) is 0 Å². The molecule has 0 aliphatic heterocycles. The quantitative estimate of drug-likeness (QED) is 0.613. The third-order valence-electron chi connectivity index (χ3n) is 2.21. The number of nitrogens with two attached hydrogens (primary N) is 1. The fourth-order valence-electron chi connectivity index (χ4n) is 1.62. The van der Waals surface area contributed by atoms with Gasteiger partial charge in [-0.3, -0.25) is 9.05 Å². The average Bonchev–Trinajstić information content (AvgIpc) is 2.21. The Kier molecular flexibility index (Phi) is 5.71. The second-order valence-corrected chi connectivity index (χ2v) is 10.6. The molecule has 7 nitrogen and oxygen atoms in total. The first-order valence-electron chi connectivity index (χ1n) is 7.03. The lowest BCUT2D eigenvalue weighted by Gasteiger charge is -2.31. The molecular formula is C14H25N2O5PS. The number of rotatable bonds is 5. The number of hydrogen-bond acceptors (Lipinski definition) is 6. The van der Waals surface area contributed by atoms with E-state index in [0.717, 1.165) is 0 Å². The summed E-state index contributed by atoms with van der Waals surface area (Å²) in [5, 5.41) is 0. The van der Waals surface area contributed by atoms with Gasteiger partial charge in [0.15, 0.2) is 0 Å². The summed E-state index contributed by atoms with van der Waals surface area (Å²) in [6.45, 7) is 9.94. The molecule has 0 spiro atoms. The lowest BCUT2D eigenvalue weighted by Crippen LogP contribution is -2.32. The van der Waals surface area contributed by atoms with Gasteiger partial charge in [0.1, 0.15) is 0 Å². The minimum atomic E-state index is -4.13. The zero-order valence-corrected chi connectivity index (χ0v) is 16.0. The highest BCUT2D eigenvalue weighted by Crippen LogP contribution is 2.51. The molecule has 3 N–H and O–H groups in total. The Balaban J connectivity index is 3.18. The van der Waals surface area contributed by atoms with Gasteiger partial charge < -0.3 is 5.73 Å². The molecule has 0 saturated heterocycles. The van der Waals surface area contributed by atoms with E-state index < -0.39 is 29.0 Å². The molecule has 1 aromatic carbocycles. The van der Waals surface area contributed by atoms with Gasteiger partial charge in [0, 0.05) is 5.69 Å². The summed E-state index contributed by atoms with van der Waals surface area (Å²) in [6.07, 6.45) is 0. The minimum absolute atomic E-state index is 0.0815. The summed E-state index contributed by atoms with van der Waals surface area (Å²) in [7, 11) is -8.23. The van der Waals surface area contributed by atoms with Crippen LogP contribution in [-0.2, 0) is 23.6 Å². The Morgan fingerprint density at radius 3 is 1.70 bits per heavy atom. The van der Waals surface area contributed by atoms with E-state index in [0.29, 0.717) is 5.69 Å². The molecule has 0 fully saturated rings. The highest BCUT2D eigenvalue weighted by Gasteiger charge is 2.39. The molecule has 0 saturated carbocycles. The molecule has 132 valence electrons. The van der Waals surface area contributed by atoms with E-state index >= 15 is 0 Å². The highest BCUT2D eigenvalue weighted by molar-refractivity contribution is 7.94. The van der Waals surface area contributed by atoms with Crippen LogP contribution >= 0.6 is 7.75 Å². The van der Waals surface area contributed by atoms with Crippen LogP contribution in [0.15, 0.2) is 29.2 Å². The second kappa shape index (κ2) is 6.53. The van der Waals surface area contributed by atoms with Gasteiger partial charge in [-0.05, 0) is 65.8 Å². The lowest BCUT2D eigenvalue weighted by molar-refractivity contribution is 0.0472. The van der Waals surface area contributed by atoms with E-state index in [9.17, 15) is 13.0 Å². The van der Waals surface area contributed by atoms with Gasteiger partial charge in [-0.25, -0.2) is 13.0 Å². The molecule has 0 heterocycles. The van der Waals surface area contributed by atoms with Crippen LogP contribution in [0.3, 0.4) is 0 Å². The van der Waals surface area contributed by atoms with Crippen LogP contribution in [0.2, 0.25) is 0 Å². The molecule has 0 amide bonds. The van der Waals surface area contributed by atoms with E-state index in [4.69, 9.17) is 14.8 Å². The van der Waals surface area contributed by atoms with Gasteiger partial charge in [-0.2, -0.15) is 0 Å². The molecule has 1 aromatic rings. The monoisotopic (exact) mass is 364 g/mol. The predicted molar refractivity (Wildman–Crippen MR) is 90.5 cm³/mol. The predicted octanol–water partition coefficient (Wildman–Crippen LogP) is 3.29. The molecule has 0 atom stereocenters. The van der Waals surface area contributed by atoms with Crippen molar-refractivity contribution in [3.8, 4) is 0 Å². The Hall–Kier alpha value is -0.920. The molecule has 0 aliphatic carbocycles. The fraction of sp³-hybridized carbons (Fsp3) is 0.571. The summed E-state index contributed by atoms with van der Waals surface area (Å²) < 4.78 is 50.7. The Morgan fingerprint density at radius 2 is 1.35 bits per heavy atom. The van der Waals surface area contributed by atoms with Crippen LogP contribution in [0.5, 0.6) is 0 Å². The van der Waals surface area contributed by atoms with Crippen molar-refractivity contribution in [1.82, 2.24) is 4.49 Å². The first kappa shape index (κ1) is 20.1. The van der Waals surface area contributed by atoms with Gasteiger partial charge in [0.25, 0.3) is 0 Å². The summed E-state index contributed by atoms with van der Waals surface area (Å²) in [4.78, 5) is -0.0815. The molecule has 9 heteroatoms. The van der Waals surface area contributed by atoms with Crippen molar-refractivity contribution < 1.29 is 22.0 Å². The summed E-state index contributed by atoms with van der Waals surface area (Å²) in [6, 6.07) is 5.51. The van der Waals surface area contributed by atoms with Crippen molar-refractivity contribution in [3.63, 3.8) is 0 Å². The normalized spacial score (nSPS) is 14.0. The maximum absolute atomic E-state index is 12.9. The highest BCUT2D eigenvalue weighted by atomic mass is 32.2. The maximum Gasteiger partial charge on any atom is 0.420 e. The molecule has 0 radical (unpaired) electrons. The van der Waals surface area contributed by atoms with Crippen molar-refractivity contribution in [1.29, 1.82) is 0 Å². The number of nitrogens with one attached hydrogen (secondary N) is 1. The molecule has 0 aromatic heterocycles. The third-order valence-corrected chi connectivity index (χ3v) is 6.54. The standard InChI is InChI=1S/C14H25N2O5PS/c1-13(2,3)20-22(17,21-14(4,5)6)16-23(18,19)12-9-7-11(15)8-10-12/h7-10H,15H2,1-6H3,(H,16,17). The number of anilines is 1. The van der Waals surface area contributed by atoms with Crippen LogP contribution in [-0.4, -0.2) is 19.6 Å². The molecule has 0 aliphatic rings. The van der Waals surface area contributed by atoms with Crippen molar-refractivity contribution in [2.24, 2.45) is 0 Å². The fourth-order valence-corrected chi connectivity index (χ4v) is 5.49. The maximum atomic E-state index is 12.9. The lowest BCUT2D eigenvalue weighted by atomic mass is 10.2. The van der Waals surface area contributed by atoms with Gasteiger partial charge in [0.05, 0.1) is 16.1 Å². The summed E-state index contributed by atoms with van der Waals surface area (Å²) in [5.74, 6) is 0.